The van der Waals surface area contributed by atoms with Crippen LogP contribution in [-0.2, 0) is 6.42 Å². The van der Waals surface area contributed by atoms with Crippen LogP contribution in [0.2, 0.25) is 0 Å². The Morgan fingerprint density at radius 2 is 1.81 bits per heavy atom. The molecule has 2 rings (SSSR count). The number of nitrogens with zero attached hydrogens (tertiary/aromatic N) is 2. The molecule has 0 bridgehead atoms. The molecule has 0 N–H and O–H groups in total. The van der Waals surface area contributed by atoms with Crippen LogP contribution in [-0.4, -0.2) is 9.97 Å². The highest BCUT2D eigenvalue weighted by atomic mass is 35.5. The van der Waals surface area contributed by atoms with E-state index in [-0.39, 0.29) is 5.38 Å². The summed E-state index contributed by atoms with van der Waals surface area (Å²) in [5, 5.41) is -0.0448. The zero-order chi connectivity index (χ0) is 11.4. The average molecular weight is 233 g/mol. The van der Waals surface area contributed by atoms with Crippen LogP contribution in [0.25, 0.3) is 0 Å². The third kappa shape index (κ3) is 2.58. The lowest BCUT2D eigenvalue weighted by Crippen LogP contribution is -2.01. The van der Waals surface area contributed by atoms with Gasteiger partial charge < -0.3 is 0 Å². The number of aromatic nitrogens is 2. The molecule has 2 aromatic rings. The van der Waals surface area contributed by atoms with Gasteiger partial charge in [-0.2, -0.15) is 0 Å². The van der Waals surface area contributed by atoms with Crippen molar-refractivity contribution in [3.63, 3.8) is 0 Å². The predicted octanol–water partition coefficient (Wildman–Crippen LogP) is 3.31. The molecular formula is C13H13ClN2. The second kappa shape index (κ2) is 5.08. The first kappa shape index (κ1) is 11.1. The summed E-state index contributed by atoms with van der Waals surface area (Å²) < 4.78 is 0. The van der Waals surface area contributed by atoms with Crippen molar-refractivity contribution in [2.24, 2.45) is 0 Å². The smallest absolute Gasteiger partial charge is 0.0641 e. The maximum Gasteiger partial charge on any atom is 0.0641 e. The summed E-state index contributed by atoms with van der Waals surface area (Å²) in [7, 11) is 0. The second-order valence-corrected chi connectivity index (χ2v) is 4.20. The molecule has 0 radical (unpaired) electrons. The van der Waals surface area contributed by atoms with Crippen molar-refractivity contribution in [3.8, 4) is 0 Å². The zero-order valence-corrected chi connectivity index (χ0v) is 9.85. The van der Waals surface area contributed by atoms with Crippen LogP contribution in [0.1, 0.15) is 22.3 Å². The van der Waals surface area contributed by atoms with Gasteiger partial charge in [0, 0.05) is 18.8 Å². The maximum absolute atomic E-state index is 6.34. The number of aryl methyl sites for hydroxylation is 1. The van der Waals surface area contributed by atoms with Gasteiger partial charge in [-0.3, -0.25) is 9.97 Å². The molecule has 0 fully saturated rings. The highest BCUT2D eigenvalue weighted by molar-refractivity contribution is 6.20. The molecule has 1 aromatic carbocycles. The highest BCUT2D eigenvalue weighted by Gasteiger charge is 2.11. The summed E-state index contributed by atoms with van der Waals surface area (Å²) in [5.74, 6) is 0. The van der Waals surface area contributed by atoms with Gasteiger partial charge in [0.15, 0.2) is 0 Å². The first-order valence-corrected chi connectivity index (χ1v) is 5.66. The Labute approximate surface area is 100 Å². The Kier molecular flexibility index (Phi) is 3.52. The van der Waals surface area contributed by atoms with Gasteiger partial charge in [0.2, 0.25) is 0 Å². The van der Waals surface area contributed by atoms with E-state index in [0.717, 1.165) is 17.0 Å². The van der Waals surface area contributed by atoms with Gasteiger partial charge in [0.05, 0.1) is 16.8 Å². The van der Waals surface area contributed by atoms with E-state index in [2.05, 4.69) is 9.97 Å². The standard InChI is InChI=1S/C13H13ClN2/c1-10-13(16-8-7-15-10)9-12(14)11-5-3-2-4-6-11/h2-8,12H,9H2,1H3. The van der Waals surface area contributed by atoms with Crippen LogP contribution < -0.4 is 0 Å². The summed E-state index contributed by atoms with van der Waals surface area (Å²) in [6.45, 7) is 1.96. The van der Waals surface area contributed by atoms with Crippen molar-refractivity contribution in [2.75, 3.05) is 0 Å². The third-order valence-electron chi connectivity index (χ3n) is 2.52. The fourth-order valence-electron chi connectivity index (χ4n) is 1.59. The molecule has 1 atom stereocenters. The number of rotatable bonds is 3. The zero-order valence-electron chi connectivity index (χ0n) is 9.10. The predicted molar refractivity (Wildman–Crippen MR) is 65.5 cm³/mol. The number of benzene rings is 1. The van der Waals surface area contributed by atoms with Gasteiger partial charge in [0.1, 0.15) is 0 Å². The molecule has 0 saturated heterocycles. The molecule has 1 aromatic heterocycles. The Morgan fingerprint density at radius 3 is 2.50 bits per heavy atom. The van der Waals surface area contributed by atoms with Gasteiger partial charge in [0.25, 0.3) is 0 Å². The molecule has 0 saturated carbocycles. The largest absolute Gasteiger partial charge is 0.258 e. The van der Waals surface area contributed by atoms with Crippen LogP contribution >= 0.6 is 11.6 Å². The Balaban J connectivity index is 2.14. The number of hydrogen-bond acceptors (Lipinski definition) is 2. The van der Waals surface area contributed by atoms with E-state index < -0.39 is 0 Å². The topological polar surface area (TPSA) is 25.8 Å². The van der Waals surface area contributed by atoms with E-state index in [1.54, 1.807) is 12.4 Å². The first-order chi connectivity index (χ1) is 7.77. The van der Waals surface area contributed by atoms with E-state index in [9.17, 15) is 0 Å². The summed E-state index contributed by atoms with van der Waals surface area (Å²) in [6.07, 6.45) is 4.12. The van der Waals surface area contributed by atoms with Gasteiger partial charge >= 0.3 is 0 Å². The number of halogens is 1. The van der Waals surface area contributed by atoms with Crippen molar-refractivity contribution < 1.29 is 0 Å². The minimum Gasteiger partial charge on any atom is -0.258 e. The van der Waals surface area contributed by atoms with Crippen LogP contribution in [0.4, 0.5) is 0 Å². The Bertz CT molecular complexity index is 456. The quantitative estimate of drug-likeness (QED) is 0.759. The Morgan fingerprint density at radius 1 is 1.12 bits per heavy atom. The number of hydrogen-bond donors (Lipinski definition) is 0. The van der Waals surface area contributed by atoms with E-state index in [0.29, 0.717) is 6.42 Å². The van der Waals surface area contributed by atoms with Crippen molar-refractivity contribution >= 4 is 11.6 Å². The molecule has 2 nitrogen and oxygen atoms in total. The van der Waals surface area contributed by atoms with Gasteiger partial charge in [-0.15, -0.1) is 11.6 Å². The average Bonchev–Trinajstić information content (AvgIpc) is 2.33. The van der Waals surface area contributed by atoms with Crippen molar-refractivity contribution in [3.05, 3.63) is 59.7 Å². The van der Waals surface area contributed by atoms with E-state index in [4.69, 9.17) is 11.6 Å². The normalized spacial score (nSPS) is 12.4. The van der Waals surface area contributed by atoms with Crippen molar-refractivity contribution in [1.82, 2.24) is 9.97 Å². The van der Waals surface area contributed by atoms with Crippen molar-refractivity contribution in [1.29, 1.82) is 0 Å². The molecule has 0 amide bonds. The molecular weight excluding hydrogens is 220 g/mol. The fourth-order valence-corrected chi connectivity index (χ4v) is 1.88. The minimum atomic E-state index is -0.0448. The monoisotopic (exact) mass is 232 g/mol. The van der Waals surface area contributed by atoms with Crippen LogP contribution in [0.3, 0.4) is 0 Å². The van der Waals surface area contributed by atoms with E-state index in [1.807, 2.05) is 37.3 Å². The van der Waals surface area contributed by atoms with Crippen molar-refractivity contribution in [2.45, 2.75) is 18.7 Å². The van der Waals surface area contributed by atoms with Gasteiger partial charge in [-0.05, 0) is 12.5 Å². The maximum atomic E-state index is 6.34. The second-order valence-electron chi connectivity index (χ2n) is 3.67. The minimum absolute atomic E-state index is 0.0448. The molecule has 1 unspecified atom stereocenters. The summed E-state index contributed by atoms with van der Waals surface area (Å²) in [6, 6.07) is 10.0. The molecule has 0 aliphatic heterocycles. The summed E-state index contributed by atoms with van der Waals surface area (Å²) >= 11 is 6.34. The lowest BCUT2D eigenvalue weighted by atomic mass is 10.1. The molecule has 82 valence electrons. The lowest BCUT2D eigenvalue weighted by Gasteiger charge is -2.10. The lowest BCUT2D eigenvalue weighted by molar-refractivity contribution is 0.851. The fraction of sp³-hybridized carbons (Fsp3) is 0.231. The molecule has 1 heterocycles. The third-order valence-corrected chi connectivity index (χ3v) is 2.92. The highest BCUT2D eigenvalue weighted by Crippen LogP contribution is 2.24. The molecule has 0 spiro atoms. The first-order valence-electron chi connectivity index (χ1n) is 5.23. The van der Waals surface area contributed by atoms with Gasteiger partial charge in [-0.25, -0.2) is 0 Å². The van der Waals surface area contributed by atoms with Gasteiger partial charge in [-0.1, -0.05) is 30.3 Å². The van der Waals surface area contributed by atoms with Crippen LogP contribution in [0.5, 0.6) is 0 Å². The Hall–Kier alpha value is -1.41. The van der Waals surface area contributed by atoms with E-state index >= 15 is 0 Å². The number of alkyl halides is 1. The SMILES string of the molecule is Cc1nccnc1CC(Cl)c1ccccc1. The molecule has 3 heteroatoms. The van der Waals surface area contributed by atoms with Crippen LogP contribution in [0, 0.1) is 6.92 Å². The summed E-state index contributed by atoms with van der Waals surface area (Å²) in [5.41, 5.74) is 3.03. The molecule has 16 heavy (non-hydrogen) atoms. The molecule has 0 aliphatic rings. The van der Waals surface area contributed by atoms with E-state index in [1.165, 1.54) is 0 Å². The molecule has 0 aliphatic carbocycles. The van der Waals surface area contributed by atoms with Crippen LogP contribution in [0.15, 0.2) is 42.7 Å². The summed E-state index contributed by atoms with van der Waals surface area (Å²) in [4.78, 5) is 8.50.